The molecule has 0 saturated heterocycles. The van der Waals surface area contributed by atoms with E-state index in [9.17, 15) is 9.59 Å². The molecule has 7 nitrogen and oxygen atoms in total. The molecule has 1 heterocycles. The molecule has 0 aliphatic carbocycles. The van der Waals surface area contributed by atoms with E-state index in [1.54, 1.807) is 13.8 Å². The molecule has 7 heteroatoms. The number of nitrogens with one attached hydrogen (secondary N) is 3. The Bertz CT molecular complexity index is 1150. The first-order chi connectivity index (χ1) is 14.8. The Hall–Kier alpha value is -3.87. The summed E-state index contributed by atoms with van der Waals surface area (Å²) in [5, 5.41) is 14.8. The molecule has 0 bridgehead atoms. The van der Waals surface area contributed by atoms with Gasteiger partial charge in [0.25, 0.3) is 5.91 Å². The number of ether oxygens (including phenoxy) is 1. The highest BCUT2D eigenvalue weighted by Crippen LogP contribution is 2.19. The van der Waals surface area contributed by atoms with E-state index >= 15 is 0 Å². The minimum atomic E-state index is -0.504. The second-order valence-corrected chi connectivity index (χ2v) is 7.26. The average Bonchev–Trinajstić information content (AvgIpc) is 3.06. The van der Waals surface area contributed by atoms with Crippen molar-refractivity contribution in [2.75, 3.05) is 11.9 Å². The number of carbonyl (C=O) groups excluding carboxylic acids is 2. The first-order valence-electron chi connectivity index (χ1n) is 9.94. The van der Waals surface area contributed by atoms with Crippen molar-refractivity contribution in [1.82, 2.24) is 9.88 Å². The van der Waals surface area contributed by atoms with E-state index in [2.05, 4.69) is 10.6 Å². The molecule has 0 fully saturated rings. The summed E-state index contributed by atoms with van der Waals surface area (Å²) in [5.41, 5.74) is 3.87. The third kappa shape index (κ3) is 5.60. The molecular weight excluding hydrogens is 392 g/mol. The number of fused-ring (bicyclic) bond motifs is 1. The van der Waals surface area contributed by atoms with Crippen LogP contribution in [0.3, 0.4) is 0 Å². The number of nitrogens with zero attached hydrogens (tertiary/aromatic N) is 1. The number of hydrogen-bond acceptors (Lipinski definition) is 5. The lowest BCUT2D eigenvalue weighted by molar-refractivity contribution is -0.148. The maximum absolute atomic E-state index is 12.3. The Labute approximate surface area is 181 Å². The molecule has 3 N–H and O–H groups in total. The van der Waals surface area contributed by atoms with E-state index in [4.69, 9.17) is 10.1 Å². The summed E-state index contributed by atoms with van der Waals surface area (Å²) >= 11 is 0. The fourth-order valence-electron chi connectivity index (χ4n) is 3.32. The number of para-hydroxylation sites is 2. The maximum atomic E-state index is 12.3. The van der Waals surface area contributed by atoms with Crippen molar-refractivity contribution in [2.24, 2.45) is 0 Å². The van der Waals surface area contributed by atoms with Gasteiger partial charge in [-0.3, -0.25) is 9.59 Å². The van der Waals surface area contributed by atoms with Crippen LogP contribution in [0.4, 0.5) is 5.69 Å². The van der Waals surface area contributed by atoms with Gasteiger partial charge in [0.15, 0.2) is 6.61 Å². The Morgan fingerprint density at radius 3 is 2.42 bits per heavy atom. The number of rotatable bonds is 8. The number of allylic oxidation sites excluding steroid dienone is 2. The predicted molar refractivity (Wildman–Crippen MR) is 122 cm³/mol. The topological polar surface area (TPSA) is 96.2 Å². The van der Waals surface area contributed by atoms with Gasteiger partial charge in [0, 0.05) is 22.6 Å². The minimum absolute atomic E-state index is 0.0213. The fourth-order valence-corrected chi connectivity index (χ4v) is 3.32. The highest BCUT2D eigenvalue weighted by molar-refractivity contribution is 6.00. The van der Waals surface area contributed by atoms with Crippen molar-refractivity contribution in [3.05, 3.63) is 77.8 Å². The summed E-state index contributed by atoms with van der Waals surface area (Å²) < 4.78 is 7.03. The molecule has 160 valence electrons. The van der Waals surface area contributed by atoms with Gasteiger partial charge < -0.3 is 25.3 Å². The molecular formula is C24H26N4O3. The van der Waals surface area contributed by atoms with Crippen molar-refractivity contribution in [3.63, 3.8) is 0 Å². The number of esters is 1. The third-order valence-electron chi connectivity index (χ3n) is 4.79. The first-order valence-corrected chi connectivity index (χ1v) is 9.94. The van der Waals surface area contributed by atoms with Gasteiger partial charge in [-0.2, -0.15) is 0 Å². The molecule has 0 saturated carbocycles. The van der Waals surface area contributed by atoms with Crippen LogP contribution in [0, 0.1) is 12.3 Å². The van der Waals surface area contributed by atoms with E-state index in [0.29, 0.717) is 11.4 Å². The van der Waals surface area contributed by atoms with Crippen LogP contribution in [0.1, 0.15) is 19.5 Å². The monoisotopic (exact) mass is 418 g/mol. The number of benzene rings is 2. The molecule has 3 aromatic rings. The Balaban J connectivity index is 1.60. The molecule has 0 aliphatic heterocycles. The third-order valence-corrected chi connectivity index (χ3v) is 4.79. The van der Waals surface area contributed by atoms with Crippen LogP contribution in [-0.4, -0.2) is 28.8 Å². The van der Waals surface area contributed by atoms with E-state index in [1.807, 2.05) is 72.2 Å². The Morgan fingerprint density at radius 1 is 1.03 bits per heavy atom. The standard InChI is InChI=1S/C24H26N4O3/c1-16-13-19-9-7-8-12-21(19)28(16)14-23(30)31-15-22(29)27-24(17(2)25)18(3)26-20-10-5-4-6-11-20/h4-13,25-26H,14-15H2,1-3H3,(H,27,29)/b24-18+,25-17?. The summed E-state index contributed by atoms with van der Waals surface area (Å²) in [6.07, 6.45) is 0. The lowest BCUT2D eigenvalue weighted by Crippen LogP contribution is -2.32. The Kier molecular flexibility index (Phi) is 6.87. The van der Waals surface area contributed by atoms with Gasteiger partial charge in [0.05, 0.1) is 11.4 Å². The maximum Gasteiger partial charge on any atom is 0.326 e. The van der Waals surface area contributed by atoms with Crippen LogP contribution in [0.25, 0.3) is 10.9 Å². The van der Waals surface area contributed by atoms with Gasteiger partial charge in [-0.1, -0.05) is 36.4 Å². The quantitative estimate of drug-likeness (QED) is 0.381. The van der Waals surface area contributed by atoms with Crippen molar-refractivity contribution >= 4 is 34.2 Å². The molecule has 0 atom stereocenters. The molecule has 1 amide bonds. The van der Waals surface area contributed by atoms with Crippen LogP contribution in [0.2, 0.25) is 0 Å². The number of carbonyl (C=O) groups is 2. The average molecular weight is 418 g/mol. The van der Waals surface area contributed by atoms with E-state index in [0.717, 1.165) is 22.3 Å². The van der Waals surface area contributed by atoms with Crippen LogP contribution in [-0.2, 0) is 20.9 Å². The van der Waals surface area contributed by atoms with Gasteiger partial charge >= 0.3 is 5.97 Å². The summed E-state index contributed by atoms with van der Waals surface area (Å²) in [4.78, 5) is 24.7. The molecule has 2 aromatic carbocycles. The Morgan fingerprint density at radius 2 is 1.71 bits per heavy atom. The van der Waals surface area contributed by atoms with Crippen molar-refractivity contribution in [1.29, 1.82) is 5.41 Å². The number of hydrogen-bond donors (Lipinski definition) is 3. The number of aryl methyl sites for hydroxylation is 1. The van der Waals surface area contributed by atoms with Gasteiger partial charge in [0.1, 0.15) is 6.54 Å². The van der Waals surface area contributed by atoms with Crippen LogP contribution in [0.15, 0.2) is 72.1 Å². The summed E-state index contributed by atoms with van der Waals surface area (Å²) in [6.45, 7) is 4.87. The SMILES string of the molecule is CC(=N)/C(NC(=O)COC(=O)Cn1c(C)cc2ccccc21)=C(/C)Nc1ccccc1. The van der Waals surface area contributed by atoms with Crippen molar-refractivity contribution in [2.45, 2.75) is 27.3 Å². The largest absolute Gasteiger partial charge is 0.454 e. The number of amides is 1. The van der Waals surface area contributed by atoms with Gasteiger partial charge in [-0.05, 0) is 50.4 Å². The van der Waals surface area contributed by atoms with Gasteiger partial charge in [-0.25, -0.2) is 0 Å². The normalized spacial score (nSPS) is 11.6. The fraction of sp³-hybridized carbons (Fsp3) is 0.208. The molecule has 0 aliphatic rings. The smallest absolute Gasteiger partial charge is 0.326 e. The molecule has 0 radical (unpaired) electrons. The number of aromatic nitrogens is 1. The van der Waals surface area contributed by atoms with Crippen molar-refractivity contribution < 1.29 is 14.3 Å². The van der Waals surface area contributed by atoms with Crippen LogP contribution < -0.4 is 10.6 Å². The molecule has 0 spiro atoms. The van der Waals surface area contributed by atoms with Gasteiger partial charge in [-0.15, -0.1) is 0 Å². The van der Waals surface area contributed by atoms with Crippen LogP contribution in [0.5, 0.6) is 0 Å². The lowest BCUT2D eigenvalue weighted by atomic mass is 10.2. The van der Waals surface area contributed by atoms with E-state index in [-0.39, 0.29) is 12.3 Å². The predicted octanol–water partition coefficient (Wildman–Crippen LogP) is 3.99. The van der Waals surface area contributed by atoms with Crippen LogP contribution >= 0.6 is 0 Å². The molecule has 0 unspecified atom stereocenters. The van der Waals surface area contributed by atoms with E-state index < -0.39 is 18.5 Å². The zero-order valence-electron chi connectivity index (χ0n) is 17.9. The molecule has 1 aromatic heterocycles. The molecule has 3 rings (SSSR count). The minimum Gasteiger partial charge on any atom is -0.454 e. The summed E-state index contributed by atoms with van der Waals surface area (Å²) in [6, 6.07) is 19.2. The van der Waals surface area contributed by atoms with E-state index in [1.165, 1.54) is 0 Å². The highest BCUT2D eigenvalue weighted by Gasteiger charge is 2.15. The first kappa shape index (κ1) is 21.8. The highest BCUT2D eigenvalue weighted by atomic mass is 16.5. The lowest BCUT2D eigenvalue weighted by Gasteiger charge is -2.15. The zero-order chi connectivity index (χ0) is 22.4. The van der Waals surface area contributed by atoms with Crippen molar-refractivity contribution in [3.8, 4) is 0 Å². The molecule has 31 heavy (non-hydrogen) atoms. The zero-order valence-corrected chi connectivity index (χ0v) is 17.9. The summed E-state index contributed by atoms with van der Waals surface area (Å²) in [7, 11) is 0. The summed E-state index contributed by atoms with van der Waals surface area (Å²) in [5.74, 6) is -1.01. The number of anilines is 1. The second kappa shape index (κ2) is 9.75. The second-order valence-electron chi connectivity index (χ2n) is 7.26. The van der Waals surface area contributed by atoms with Gasteiger partial charge in [0.2, 0.25) is 0 Å².